The number of para-hydroxylation sites is 2. The fraction of sp³-hybridized carbons (Fsp3) is 0.111. The maximum absolute atomic E-state index is 12.6. The Morgan fingerprint density at radius 2 is 1.96 bits per heavy atom. The number of hydrogen-bond donors (Lipinski definition) is 1. The van der Waals surface area contributed by atoms with Crippen LogP contribution in [0.3, 0.4) is 0 Å². The summed E-state index contributed by atoms with van der Waals surface area (Å²) in [6, 6.07) is 8.89. The molecule has 0 unspecified atom stereocenters. The van der Waals surface area contributed by atoms with Crippen molar-refractivity contribution in [2.75, 3.05) is 5.32 Å². The van der Waals surface area contributed by atoms with Crippen LogP contribution >= 0.6 is 0 Å². The average Bonchev–Trinajstić information content (AvgIpc) is 2.63. The largest absolute Gasteiger partial charge is 0.319 e. The number of pyridine rings is 1. The molecular formula is C18H15N5O4. The molecule has 2 aromatic heterocycles. The predicted octanol–water partition coefficient (Wildman–Crippen LogP) is 2.40. The number of anilines is 1. The zero-order valence-electron chi connectivity index (χ0n) is 14.5. The molecular weight excluding hydrogens is 350 g/mol. The van der Waals surface area contributed by atoms with E-state index in [0.717, 1.165) is 5.56 Å². The van der Waals surface area contributed by atoms with E-state index in [0.29, 0.717) is 11.4 Å². The number of aryl methyl sites for hydroxylation is 2. The summed E-state index contributed by atoms with van der Waals surface area (Å²) in [7, 11) is 0. The summed E-state index contributed by atoms with van der Waals surface area (Å²) in [5.41, 5.74) is 0.593. The van der Waals surface area contributed by atoms with Crippen LogP contribution in [0.15, 0.2) is 53.6 Å². The van der Waals surface area contributed by atoms with Crippen molar-refractivity contribution in [3.8, 4) is 5.69 Å². The number of carbonyl (C=O) groups excluding carboxylic acids is 1. The van der Waals surface area contributed by atoms with Crippen LogP contribution in [0, 0.1) is 24.0 Å². The summed E-state index contributed by atoms with van der Waals surface area (Å²) < 4.78 is 1.21. The van der Waals surface area contributed by atoms with E-state index in [4.69, 9.17) is 0 Å². The summed E-state index contributed by atoms with van der Waals surface area (Å²) in [5, 5.41) is 18.0. The van der Waals surface area contributed by atoms with Gasteiger partial charge in [0, 0.05) is 24.0 Å². The van der Waals surface area contributed by atoms with E-state index in [2.05, 4.69) is 15.4 Å². The van der Waals surface area contributed by atoms with Crippen LogP contribution < -0.4 is 10.7 Å². The van der Waals surface area contributed by atoms with Gasteiger partial charge in [0.05, 0.1) is 16.8 Å². The number of carbonyl (C=O) groups is 1. The van der Waals surface area contributed by atoms with Gasteiger partial charge in [-0.15, -0.1) is 0 Å². The van der Waals surface area contributed by atoms with Crippen LogP contribution in [0.25, 0.3) is 5.69 Å². The molecule has 0 spiro atoms. The minimum Gasteiger partial charge on any atom is -0.319 e. The first-order chi connectivity index (χ1) is 12.9. The molecule has 0 aliphatic heterocycles. The highest BCUT2D eigenvalue weighted by atomic mass is 16.6. The summed E-state index contributed by atoms with van der Waals surface area (Å²) in [5.74, 6) is -0.719. The number of nitrogens with zero attached hydrogens (tertiary/aromatic N) is 4. The standard InChI is InChI=1S/C18H15N5O4/c1-11-7-8-19-10-13(11)20-18(25)17-16(24)9-12(2)22(21-17)14-5-3-4-6-15(14)23(26)27/h3-10H,1-2H3,(H,20,25). The first-order valence-electron chi connectivity index (χ1n) is 7.95. The molecule has 27 heavy (non-hydrogen) atoms. The van der Waals surface area contributed by atoms with Gasteiger partial charge in [-0.25, -0.2) is 4.68 Å². The number of nitro benzene ring substituents is 1. The van der Waals surface area contributed by atoms with Gasteiger partial charge in [0.15, 0.2) is 5.69 Å². The number of aromatic nitrogens is 3. The lowest BCUT2D eigenvalue weighted by molar-refractivity contribution is -0.384. The van der Waals surface area contributed by atoms with Gasteiger partial charge < -0.3 is 5.32 Å². The Hall–Kier alpha value is -3.88. The van der Waals surface area contributed by atoms with Crippen LogP contribution in [0.1, 0.15) is 21.7 Å². The van der Waals surface area contributed by atoms with Crippen molar-refractivity contribution in [1.29, 1.82) is 0 Å². The van der Waals surface area contributed by atoms with Crippen molar-refractivity contribution in [1.82, 2.24) is 14.8 Å². The van der Waals surface area contributed by atoms with Gasteiger partial charge in [0.1, 0.15) is 5.69 Å². The molecule has 136 valence electrons. The zero-order valence-corrected chi connectivity index (χ0v) is 14.5. The first-order valence-corrected chi connectivity index (χ1v) is 7.95. The summed E-state index contributed by atoms with van der Waals surface area (Å²) in [4.78, 5) is 39.5. The van der Waals surface area contributed by atoms with Crippen molar-refractivity contribution in [2.45, 2.75) is 13.8 Å². The second-order valence-corrected chi connectivity index (χ2v) is 5.80. The number of nitro groups is 1. The molecule has 1 amide bonds. The quantitative estimate of drug-likeness (QED) is 0.560. The van der Waals surface area contributed by atoms with Crippen LogP contribution in [0.4, 0.5) is 11.4 Å². The van der Waals surface area contributed by atoms with E-state index >= 15 is 0 Å². The minimum atomic E-state index is -0.719. The normalized spacial score (nSPS) is 10.4. The molecule has 3 rings (SSSR count). The first kappa shape index (κ1) is 17.9. The van der Waals surface area contributed by atoms with E-state index in [1.807, 2.05) is 0 Å². The average molecular weight is 365 g/mol. The smallest absolute Gasteiger partial charge is 0.294 e. The molecule has 0 fully saturated rings. The molecule has 0 saturated carbocycles. The van der Waals surface area contributed by atoms with Gasteiger partial charge >= 0.3 is 0 Å². The summed E-state index contributed by atoms with van der Waals surface area (Å²) >= 11 is 0. The lowest BCUT2D eigenvalue weighted by atomic mass is 10.2. The van der Waals surface area contributed by atoms with Crippen LogP contribution in [-0.2, 0) is 0 Å². The van der Waals surface area contributed by atoms with Gasteiger partial charge in [-0.2, -0.15) is 5.10 Å². The number of rotatable bonds is 4. The highest BCUT2D eigenvalue weighted by molar-refractivity contribution is 6.03. The van der Waals surface area contributed by atoms with Crippen molar-refractivity contribution >= 4 is 17.3 Å². The van der Waals surface area contributed by atoms with Gasteiger partial charge in [0.25, 0.3) is 11.6 Å². The molecule has 0 aliphatic rings. The fourth-order valence-corrected chi connectivity index (χ4v) is 2.52. The molecule has 0 atom stereocenters. The third kappa shape index (κ3) is 3.56. The number of nitrogens with one attached hydrogen (secondary N) is 1. The van der Waals surface area contributed by atoms with Crippen molar-refractivity contribution in [2.24, 2.45) is 0 Å². The molecule has 1 aromatic carbocycles. The minimum absolute atomic E-state index is 0.159. The molecule has 0 radical (unpaired) electrons. The number of hydrogen-bond acceptors (Lipinski definition) is 6. The van der Waals surface area contributed by atoms with Crippen molar-refractivity contribution < 1.29 is 9.72 Å². The summed E-state index contributed by atoms with van der Waals surface area (Å²) in [6.45, 7) is 3.36. The third-order valence-electron chi connectivity index (χ3n) is 3.92. The highest BCUT2D eigenvalue weighted by Gasteiger charge is 2.20. The van der Waals surface area contributed by atoms with E-state index in [-0.39, 0.29) is 17.1 Å². The predicted molar refractivity (Wildman–Crippen MR) is 98.2 cm³/mol. The van der Waals surface area contributed by atoms with Gasteiger partial charge in [-0.1, -0.05) is 12.1 Å². The Morgan fingerprint density at radius 1 is 1.22 bits per heavy atom. The highest BCUT2D eigenvalue weighted by Crippen LogP contribution is 2.22. The molecule has 3 aromatic rings. The second kappa shape index (κ2) is 7.16. The molecule has 0 aliphatic carbocycles. The maximum atomic E-state index is 12.6. The Labute approximate surface area is 153 Å². The number of benzene rings is 1. The van der Waals surface area contributed by atoms with Gasteiger partial charge in [-0.05, 0) is 31.5 Å². The monoisotopic (exact) mass is 365 g/mol. The Bertz CT molecular complexity index is 1110. The fourth-order valence-electron chi connectivity index (χ4n) is 2.52. The Balaban J connectivity index is 2.08. The Morgan fingerprint density at radius 3 is 2.67 bits per heavy atom. The molecule has 9 heteroatoms. The van der Waals surface area contributed by atoms with Crippen LogP contribution in [-0.4, -0.2) is 25.6 Å². The van der Waals surface area contributed by atoms with Crippen LogP contribution in [0.2, 0.25) is 0 Å². The zero-order chi connectivity index (χ0) is 19.6. The van der Waals surface area contributed by atoms with Crippen molar-refractivity contribution in [3.63, 3.8) is 0 Å². The van der Waals surface area contributed by atoms with Crippen molar-refractivity contribution in [3.05, 3.63) is 86.1 Å². The molecule has 9 nitrogen and oxygen atoms in total. The van der Waals surface area contributed by atoms with E-state index in [9.17, 15) is 19.7 Å². The molecule has 2 heterocycles. The Kier molecular flexibility index (Phi) is 4.75. The van der Waals surface area contributed by atoms with E-state index < -0.39 is 16.3 Å². The number of amides is 1. The van der Waals surface area contributed by atoms with E-state index in [1.54, 1.807) is 32.2 Å². The molecule has 1 N–H and O–H groups in total. The lowest BCUT2D eigenvalue weighted by Gasteiger charge is -2.12. The van der Waals surface area contributed by atoms with Gasteiger partial charge in [0.2, 0.25) is 5.43 Å². The second-order valence-electron chi connectivity index (χ2n) is 5.80. The van der Waals surface area contributed by atoms with E-state index in [1.165, 1.54) is 35.1 Å². The maximum Gasteiger partial charge on any atom is 0.294 e. The van der Waals surface area contributed by atoms with Gasteiger partial charge in [-0.3, -0.25) is 24.7 Å². The van der Waals surface area contributed by atoms with Crippen LogP contribution in [0.5, 0.6) is 0 Å². The topological polar surface area (TPSA) is 120 Å². The SMILES string of the molecule is Cc1ccncc1NC(=O)c1nn(-c2ccccc2[N+](=O)[O-])c(C)cc1=O. The lowest BCUT2D eigenvalue weighted by Crippen LogP contribution is -2.27. The molecule has 0 bridgehead atoms. The molecule has 0 saturated heterocycles. The summed E-state index contributed by atoms with van der Waals surface area (Å²) in [6.07, 6.45) is 3.04. The third-order valence-corrected chi connectivity index (χ3v) is 3.92.